The molecule has 0 aromatic carbocycles. The second-order valence-electron chi connectivity index (χ2n) is 17.5. The van der Waals surface area contributed by atoms with E-state index in [1.807, 2.05) is 20.8 Å². The summed E-state index contributed by atoms with van der Waals surface area (Å²) in [7, 11) is 2.92. The van der Waals surface area contributed by atoms with Crippen molar-refractivity contribution in [2.75, 3.05) is 27.4 Å². The van der Waals surface area contributed by atoms with Gasteiger partial charge in [-0.15, -0.1) is 6.58 Å². The fourth-order valence-electron chi connectivity index (χ4n) is 9.47. The first-order valence-corrected chi connectivity index (χ1v) is 21.5. The molecule has 3 aliphatic heterocycles. The normalized spacial score (nSPS) is 40.5. The van der Waals surface area contributed by atoms with Crippen LogP contribution in [0.5, 0.6) is 0 Å². The summed E-state index contributed by atoms with van der Waals surface area (Å²) in [5.74, 6) is -7.67. The number of amides is 1. The highest BCUT2D eigenvalue weighted by molar-refractivity contribution is 6.39. The summed E-state index contributed by atoms with van der Waals surface area (Å²) in [5.41, 5.74) is 7.62. The van der Waals surface area contributed by atoms with Crippen LogP contribution in [0.4, 0.5) is 4.39 Å². The maximum Gasteiger partial charge on any atom is 0.329 e. The maximum atomic E-state index is 16.2. The quantitative estimate of drug-likeness (QED) is 0.169. The lowest BCUT2D eigenvalue weighted by atomic mass is 9.81. The Morgan fingerprint density at radius 2 is 1.71 bits per heavy atom. The molecule has 0 spiro atoms. The zero-order valence-corrected chi connectivity index (χ0v) is 36.2. The van der Waals surface area contributed by atoms with E-state index in [1.165, 1.54) is 19.1 Å². The number of aliphatic hydroxyl groups is 1. The molecule has 328 valence electrons. The number of Topliss-reactive ketones (excluding diaryl/α,β-unsaturated/α-hetero) is 2. The summed E-state index contributed by atoms with van der Waals surface area (Å²) in [6, 6.07) is -1.18. The van der Waals surface area contributed by atoms with Crippen LogP contribution in [-0.2, 0) is 42.9 Å². The van der Waals surface area contributed by atoms with E-state index >= 15 is 4.39 Å². The Labute approximate surface area is 345 Å². The number of esters is 1. The summed E-state index contributed by atoms with van der Waals surface area (Å²) >= 11 is 0. The van der Waals surface area contributed by atoms with Crippen LogP contribution >= 0.6 is 0 Å². The zero-order valence-electron chi connectivity index (χ0n) is 36.2. The number of ketones is 2. The Balaban J connectivity index is 1.75. The largest absolute Gasteiger partial charge is 0.456 e. The van der Waals surface area contributed by atoms with E-state index in [2.05, 4.69) is 12.7 Å². The van der Waals surface area contributed by atoms with E-state index in [9.17, 15) is 24.3 Å². The summed E-state index contributed by atoms with van der Waals surface area (Å²) in [5, 5.41) is 12.0. The molecule has 13 heteroatoms. The van der Waals surface area contributed by atoms with Gasteiger partial charge in [0.05, 0.1) is 24.9 Å². The number of alkyl halides is 1. The van der Waals surface area contributed by atoms with Gasteiger partial charge in [-0.25, -0.2) is 9.18 Å². The van der Waals surface area contributed by atoms with Crippen LogP contribution in [0.15, 0.2) is 36.0 Å². The van der Waals surface area contributed by atoms with Crippen molar-refractivity contribution in [1.29, 1.82) is 0 Å². The first-order chi connectivity index (χ1) is 27.5. The third-order valence-corrected chi connectivity index (χ3v) is 13.2. The van der Waals surface area contributed by atoms with Crippen molar-refractivity contribution in [3.63, 3.8) is 0 Å². The van der Waals surface area contributed by atoms with Crippen LogP contribution in [0.1, 0.15) is 112 Å². The van der Waals surface area contributed by atoms with Crippen LogP contribution < -0.4 is 5.73 Å². The standard InChI is InChI=1S/C45H71FN2O10/c1-10-20-56-36-25-31(16-17-33(36)47)21-29(6)40-26(3)15-18-35(49)32(11-2)22-27(4)39(46)28(5)23-37(54-8)41-38(55-9)24-30(7)45(53,58-41)42(50)43(51)48-19-13-12-14-34(48)44(52)57-40/h10,21-22,26,28,30-34,36-41,53H,1,11-20,23-25,47H2,2-9H3/b27-22+,29-21?. The Hall–Kier alpha value is -2.81. The number of hydrogen-bond donors (Lipinski definition) is 2. The lowest BCUT2D eigenvalue weighted by Gasteiger charge is -2.47. The van der Waals surface area contributed by atoms with Crippen LogP contribution in [0.2, 0.25) is 0 Å². The molecule has 4 aliphatic rings. The average Bonchev–Trinajstić information content (AvgIpc) is 3.22. The van der Waals surface area contributed by atoms with E-state index in [0.717, 1.165) is 18.4 Å². The van der Waals surface area contributed by atoms with E-state index in [0.29, 0.717) is 44.3 Å². The minimum absolute atomic E-state index is 0.0288. The molecule has 1 aliphatic carbocycles. The van der Waals surface area contributed by atoms with Crippen molar-refractivity contribution in [3.8, 4) is 0 Å². The summed E-state index contributed by atoms with van der Waals surface area (Å²) in [6.45, 7) is 15.0. The van der Waals surface area contributed by atoms with Crippen molar-refractivity contribution >= 4 is 23.4 Å². The number of ether oxygens (including phenoxy) is 5. The number of rotatable bonds is 8. The van der Waals surface area contributed by atoms with Gasteiger partial charge in [-0.1, -0.05) is 45.9 Å². The summed E-state index contributed by atoms with van der Waals surface area (Å²) in [4.78, 5) is 57.8. The minimum atomic E-state index is -2.56. The Bertz CT molecular complexity index is 1500. The van der Waals surface area contributed by atoms with Crippen LogP contribution in [0.25, 0.3) is 0 Å². The Kier molecular flexibility index (Phi) is 17.8. The number of nitrogens with two attached hydrogens (primary N) is 1. The molecule has 0 aromatic rings. The monoisotopic (exact) mass is 819 g/mol. The van der Waals surface area contributed by atoms with Gasteiger partial charge in [-0.05, 0) is 107 Å². The highest BCUT2D eigenvalue weighted by Crippen LogP contribution is 2.39. The average molecular weight is 819 g/mol. The van der Waals surface area contributed by atoms with Gasteiger partial charge in [0.25, 0.3) is 11.7 Å². The molecule has 3 heterocycles. The number of nitrogens with zero attached hydrogens (tertiary/aromatic N) is 1. The van der Waals surface area contributed by atoms with Gasteiger partial charge in [0.2, 0.25) is 5.79 Å². The van der Waals surface area contributed by atoms with Crippen molar-refractivity contribution in [1.82, 2.24) is 4.90 Å². The van der Waals surface area contributed by atoms with Crippen molar-refractivity contribution in [3.05, 3.63) is 36.0 Å². The van der Waals surface area contributed by atoms with Gasteiger partial charge in [-0.2, -0.15) is 0 Å². The van der Waals surface area contributed by atoms with Crippen molar-refractivity contribution in [2.24, 2.45) is 35.3 Å². The molecule has 12 nitrogen and oxygen atoms in total. The molecule has 1 amide bonds. The van der Waals surface area contributed by atoms with Gasteiger partial charge in [-0.3, -0.25) is 14.4 Å². The third-order valence-electron chi connectivity index (χ3n) is 13.2. The predicted octanol–water partition coefficient (Wildman–Crippen LogP) is 5.97. The third kappa shape index (κ3) is 11.3. The molecule has 14 atom stereocenters. The lowest BCUT2D eigenvalue weighted by molar-refractivity contribution is -0.302. The van der Waals surface area contributed by atoms with Crippen LogP contribution in [0, 0.1) is 29.6 Å². The molecule has 58 heavy (non-hydrogen) atoms. The molecule has 14 unspecified atom stereocenters. The first kappa shape index (κ1) is 47.9. The second kappa shape index (κ2) is 21.6. The summed E-state index contributed by atoms with van der Waals surface area (Å²) < 4.78 is 46.3. The lowest BCUT2D eigenvalue weighted by Crippen LogP contribution is -2.64. The van der Waals surface area contributed by atoms with Crippen molar-refractivity contribution in [2.45, 2.75) is 167 Å². The van der Waals surface area contributed by atoms with Gasteiger partial charge in [0, 0.05) is 45.1 Å². The molecule has 0 radical (unpaired) electrons. The zero-order chi connectivity index (χ0) is 42.9. The van der Waals surface area contributed by atoms with E-state index < -0.39 is 77.8 Å². The SMILES string of the molecule is C=CCOC1CC(C=C(C)C2OC(=O)C3CCCCN3C(=O)C(=O)C3(O)OC(C(OC)CC(C)C(F)/C(C)=C/C(CC)C(=O)CCC2C)C(OC)CC3C)CCC1N. The summed E-state index contributed by atoms with van der Waals surface area (Å²) in [6.07, 6.45) is 5.76. The molecule has 2 saturated heterocycles. The Morgan fingerprint density at radius 3 is 2.36 bits per heavy atom. The van der Waals surface area contributed by atoms with E-state index in [4.69, 9.17) is 29.4 Å². The molecular formula is C45H71FN2O10. The molecule has 3 fully saturated rings. The van der Waals surface area contributed by atoms with Gasteiger partial charge >= 0.3 is 5.97 Å². The van der Waals surface area contributed by atoms with Gasteiger partial charge in [0.1, 0.15) is 30.2 Å². The number of carbonyl (C=O) groups is 4. The maximum absolute atomic E-state index is 16.2. The fraction of sp³-hybridized carbons (Fsp3) is 0.778. The smallest absolute Gasteiger partial charge is 0.329 e. The highest BCUT2D eigenvalue weighted by atomic mass is 19.1. The molecule has 2 bridgehead atoms. The molecule has 3 N–H and O–H groups in total. The second-order valence-corrected chi connectivity index (χ2v) is 17.5. The van der Waals surface area contributed by atoms with Crippen molar-refractivity contribution < 1.29 is 52.4 Å². The van der Waals surface area contributed by atoms with Gasteiger partial charge in [0.15, 0.2) is 0 Å². The number of piperidine rings is 1. The van der Waals surface area contributed by atoms with Crippen LogP contribution in [0.3, 0.4) is 0 Å². The first-order valence-electron chi connectivity index (χ1n) is 21.5. The van der Waals surface area contributed by atoms with Gasteiger partial charge < -0.3 is 39.4 Å². The fourth-order valence-corrected chi connectivity index (χ4v) is 9.47. The molecule has 0 aromatic heterocycles. The van der Waals surface area contributed by atoms with E-state index in [-0.39, 0.29) is 62.0 Å². The van der Waals surface area contributed by atoms with E-state index in [1.54, 1.807) is 32.9 Å². The van der Waals surface area contributed by atoms with Crippen LogP contribution in [-0.4, -0.2) is 115 Å². The number of carbonyl (C=O) groups excluding carboxylic acids is 4. The highest BCUT2D eigenvalue weighted by Gasteiger charge is 2.56. The minimum Gasteiger partial charge on any atom is -0.456 e. The predicted molar refractivity (Wildman–Crippen MR) is 218 cm³/mol. The Morgan fingerprint density at radius 1 is 1.02 bits per heavy atom. The molecule has 4 rings (SSSR count). The number of hydrogen-bond acceptors (Lipinski definition) is 11. The number of cyclic esters (lactones) is 1. The number of halogens is 1. The number of methoxy groups -OCH3 is 2. The molecular weight excluding hydrogens is 747 g/mol. The molecule has 1 saturated carbocycles. The topological polar surface area (TPSA) is 164 Å². The number of allylic oxidation sites excluding steroid dienone is 3. The number of fused-ring (bicyclic) bond motifs is 3.